The minimum absolute atomic E-state index is 0.232. The van der Waals surface area contributed by atoms with E-state index in [4.69, 9.17) is 0 Å². The molecule has 0 saturated carbocycles. The Morgan fingerprint density at radius 3 is 2.70 bits per heavy atom. The van der Waals surface area contributed by atoms with Gasteiger partial charge in [0.15, 0.2) is 0 Å². The van der Waals surface area contributed by atoms with Crippen molar-refractivity contribution in [2.24, 2.45) is 5.92 Å². The lowest BCUT2D eigenvalue weighted by atomic mass is 10.1. The highest BCUT2D eigenvalue weighted by molar-refractivity contribution is 5.73. The molecule has 0 aromatic carbocycles. The van der Waals surface area contributed by atoms with Gasteiger partial charge in [-0.1, -0.05) is 13.3 Å². The van der Waals surface area contributed by atoms with Crippen LogP contribution in [0.25, 0.3) is 0 Å². The van der Waals surface area contributed by atoms with Gasteiger partial charge in [-0.15, -0.1) is 0 Å². The first-order valence-corrected chi connectivity index (χ1v) is 3.99. The van der Waals surface area contributed by atoms with Crippen molar-refractivity contribution in [2.75, 3.05) is 13.1 Å². The van der Waals surface area contributed by atoms with Crippen LogP contribution in [0.4, 0.5) is 0 Å². The van der Waals surface area contributed by atoms with Gasteiger partial charge in [-0.3, -0.25) is 4.79 Å². The topological polar surface area (TPSA) is 20.3 Å². The van der Waals surface area contributed by atoms with Gasteiger partial charge in [-0.2, -0.15) is 0 Å². The van der Waals surface area contributed by atoms with E-state index in [-0.39, 0.29) is 5.91 Å². The molecule has 58 valence electrons. The van der Waals surface area contributed by atoms with E-state index in [9.17, 15) is 4.79 Å². The van der Waals surface area contributed by atoms with E-state index in [2.05, 4.69) is 6.92 Å². The fourth-order valence-electron chi connectivity index (χ4n) is 1.45. The number of carbonyl (C=O) groups is 1. The summed E-state index contributed by atoms with van der Waals surface area (Å²) in [4.78, 5) is 12.8. The maximum atomic E-state index is 10.8. The molecule has 0 bridgehead atoms. The summed E-state index contributed by atoms with van der Waals surface area (Å²) in [5.41, 5.74) is 0. The molecule has 1 aliphatic heterocycles. The van der Waals surface area contributed by atoms with Crippen molar-refractivity contribution in [3.05, 3.63) is 0 Å². The number of hydrogen-bond acceptors (Lipinski definition) is 1. The van der Waals surface area contributed by atoms with Gasteiger partial charge in [0, 0.05) is 20.0 Å². The lowest BCUT2D eigenvalue weighted by Gasteiger charge is -2.12. The summed E-state index contributed by atoms with van der Waals surface area (Å²) in [5.74, 6) is 1.000. The fraction of sp³-hybridized carbons (Fsp3) is 0.875. The Hall–Kier alpha value is -0.530. The molecule has 1 aliphatic rings. The van der Waals surface area contributed by atoms with E-state index in [1.54, 1.807) is 6.92 Å². The first kappa shape index (κ1) is 7.58. The van der Waals surface area contributed by atoms with Crippen molar-refractivity contribution < 1.29 is 4.79 Å². The van der Waals surface area contributed by atoms with Gasteiger partial charge in [-0.05, 0) is 12.3 Å². The standard InChI is InChI=1S/C8H15NO/c1-3-8-4-5-9(6-8)7(2)10/h8H,3-6H2,1-2H3. The van der Waals surface area contributed by atoms with Crippen LogP contribution in [0.5, 0.6) is 0 Å². The fourth-order valence-corrected chi connectivity index (χ4v) is 1.45. The lowest BCUT2D eigenvalue weighted by Crippen LogP contribution is -2.25. The van der Waals surface area contributed by atoms with Crippen LogP contribution in [0.15, 0.2) is 0 Å². The molecule has 1 fully saturated rings. The molecule has 1 atom stereocenters. The summed E-state index contributed by atoms with van der Waals surface area (Å²) < 4.78 is 0. The lowest BCUT2D eigenvalue weighted by molar-refractivity contribution is -0.127. The Kier molecular flexibility index (Phi) is 2.30. The molecule has 1 amide bonds. The number of amides is 1. The zero-order chi connectivity index (χ0) is 7.56. The molecule has 0 aliphatic carbocycles. The molecular formula is C8H15NO. The van der Waals surface area contributed by atoms with Crippen LogP contribution in [-0.2, 0) is 4.79 Å². The van der Waals surface area contributed by atoms with Crippen LogP contribution in [0.2, 0.25) is 0 Å². The highest BCUT2D eigenvalue weighted by Gasteiger charge is 2.21. The summed E-state index contributed by atoms with van der Waals surface area (Å²) in [5, 5.41) is 0. The Bertz CT molecular complexity index is 133. The summed E-state index contributed by atoms with van der Waals surface area (Å²) in [6, 6.07) is 0. The van der Waals surface area contributed by atoms with Gasteiger partial charge >= 0.3 is 0 Å². The van der Waals surface area contributed by atoms with E-state index < -0.39 is 0 Å². The van der Waals surface area contributed by atoms with Gasteiger partial charge in [0.25, 0.3) is 0 Å². The summed E-state index contributed by atoms with van der Waals surface area (Å²) in [6.07, 6.45) is 2.42. The van der Waals surface area contributed by atoms with Crippen LogP contribution in [0.3, 0.4) is 0 Å². The molecule has 10 heavy (non-hydrogen) atoms. The molecule has 0 radical (unpaired) electrons. The monoisotopic (exact) mass is 141 g/mol. The minimum atomic E-state index is 0.232. The third kappa shape index (κ3) is 1.49. The van der Waals surface area contributed by atoms with Gasteiger partial charge in [0.05, 0.1) is 0 Å². The maximum absolute atomic E-state index is 10.8. The summed E-state index contributed by atoms with van der Waals surface area (Å²) in [7, 11) is 0. The van der Waals surface area contributed by atoms with Crippen LogP contribution < -0.4 is 0 Å². The molecule has 1 saturated heterocycles. The summed E-state index contributed by atoms with van der Waals surface area (Å²) >= 11 is 0. The van der Waals surface area contributed by atoms with Gasteiger partial charge < -0.3 is 4.90 Å². The Labute approximate surface area is 62.2 Å². The summed E-state index contributed by atoms with van der Waals surface area (Å²) in [6.45, 7) is 5.81. The molecular weight excluding hydrogens is 126 g/mol. The van der Waals surface area contributed by atoms with Crippen LogP contribution >= 0.6 is 0 Å². The van der Waals surface area contributed by atoms with Crippen LogP contribution in [0.1, 0.15) is 26.7 Å². The van der Waals surface area contributed by atoms with Crippen molar-refractivity contribution in [3.8, 4) is 0 Å². The first-order valence-electron chi connectivity index (χ1n) is 3.99. The zero-order valence-electron chi connectivity index (χ0n) is 6.76. The molecule has 2 nitrogen and oxygen atoms in total. The van der Waals surface area contributed by atoms with Gasteiger partial charge in [0.2, 0.25) is 5.91 Å². The number of likely N-dealkylation sites (tertiary alicyclic amines) is 1. The number of carbonyl (C=O) groups excluding carboxylic acids is 1. The van der Waals surface area contributed by atoms with Crippen molar-refractivity contribution >= 4 is 5.91 Å². The third-order valence-electron chi connectivity index (χ3n) is 2.31. The first-order chi connectivity index (χ1) is 4.74. The van der Waals surface area contributed by atoms with Gasteiger partial charge in [-0.25, -0.2) is 0 Å². The predicted molar refractivity (Wildman–Crippen MR) is 40.7 cm³/mol. The average Bonchev–Trinajstić information content (AvgIpc) is 2.34. The normalized spacial score (nSPS) is 25.4. The van der Waals surface area contributed by atoms with Crippen molar-refractivity contribution in [1.29, 1.82) is 0 Å². The Morgan fingerprint density at radius 1 is 1.70 bits per heavy atom. The molecule has 0 spiro atoms. The molecule has 1 rings (SSSR count). The quantitative estimate of drug-likeness (QED) is 0.538. The van der Waals surface area contributed by atoms with Crippen molar-refractivity contribution in [1.82, 2.24) is 4.90 Å². The Morgan fingerprint density at radius 2 is 2.40 bits per heavy atom. The second-order valence-corrected chi connectivity index (χ2v) is 3.03. The van der Waals surface area contributed by atoms with Crippen molar-refractivity contribution in [3.63, 3.8) is 0 Å². The number of rotatable bonds is 1. The second-order valence-electron chi connectivity index (χ2n) is 3.03. The zero-order valence-corrected chi connectivity index (χ0v) is 6.76. The third-order valence-corrected chi connectivity index (χ3v) is 2.31. The van der Waals surface area contributed by atoms with Gasteiger partial charge in [0.1, 0.15) is 0 Å². The van der Waals surface area contributed by atoms with Crippen LogP contribution in [-0.4, -0.2) is 23.9 Å². The number of nitrogens with zero attached hydrogens (tertiary/aromatic N) is 1. The van der Waals surface area contributed by atoms with E-state index in [1.807, 2.05) is 4.90 Å². The molecule has 1 unspecified atom stereocenters. The van der Waals surface area contributed by atoms with E-state index in [0.29, 0.717) is 0 Å². The molecule has 0 aromatic rings. The second kappa shape index (κ2) is 3.04. The van der Waals surface area contributed by atoms with Crippen molar-refractivity contribution in [2.45, 2.75) is 26.7 Å². The molecule has 2 heteroatoms. The molecule has 0 N–H and O–H groups in total. The van der Waals surface area contributed by atoms with E-state index in [0.717, 1.165) is 19.0 Å². The SMILES string of the molecule is CCC1CCN(C(C)=O)C1. The van der Waals surface area contributed by atoms with Crippen LogP contribution in [0, 0.1) is 5.92 Å². The molecule has 0 aromatic heterocycles. The number of hydrogen-bond donors (Lipinski definition) is 0. The highest BCUT2D eigenvalue weighted by atomic mass is 16.2. The smallest absolute Gasteiger partial charge is 0.219 e. The highest BCUT2D eigenvalue weighted by Crippen LogP contribution is 2.18. The predicted octanol–water partition coefficient (Wildman–Crippen LogP) is 1.26. The minimum Gasteiger partial charge on any atom is -0.343 e. The Balaban J connectivity index is 2.35. The average molecular weight is 141 g/mol. The van der Waals surface area contributed by atoms with E-state index in [1.165, 1.54) is 12.8 Å². The maximum Gasteiger partial charge on any atom is 0.219 e. The largest absolute Gasteiger partial charge is 0.343 e. The molecule has 1 heterocycles. The van der Waals surface area contributed by atoms with E-state index >= 15 is 0 Å².